The molecule has 2 heterocycles. The summed E-state index contributed by atoms with van der Waals surface area (Å²) in [6, 6.07) is 4.87. The number of methoxy groups -OCH3 is 2. The Labute approximate surface area is 150 Å². The lowest BCUT2D eigenvalue weighted by atomic mass is 9.89. The van der Waals surface area contributed by atoms with Crippen LogP contribution in [-0.4, -0.2) is 51.7 Å². The van der Waals surface area contributed by atoms with Gasteiger partial charge in [-0.2, -0.15) is 0 Å². The van der Waals surface area contributed by atoms with E-state index in [0.29, 0.717) is 6.04 Å². The lowest BCUT2D eigenvalue weighted by molar-refractivity contribution is -0.183. The van der Waals surface area contributed by atoms with Gasteiger partial charge in [0.2, 0.25) is 0 Å². The summed E-state index contributed by atoms with van der Waals surface area (Å²) in [5.74, 6) is 2.45. The van der Waals surface area contributed by atoms with Gasteiger partial charge in [0.05, 0.1) is 27.4 Å². The number of hydrogen-bond acceptors (Lipinski definition) is 5. The minimum absolute atomic E-state index is 0.0274. The highest BCUT2D eigenvalue weighted by Gasteiger charge is 2.40. The van der Waals surface area contributed by atoms with Crippen molar-refractivity contribution in [2.45, 2.75) is 44.4 Å². The fraction of sp³-hybridized carbons (Fsp3) is 0.700. The van der Waals surface area contributed by atoms with Gasteiger partial charge in [0.25, 0.3) is 0 Å². The quantitative estimate of drug-likeness (QED) is 0.790. The second-order valence-corrected chi connectivity index (χ2v) is 7.29. The van der Waals surface area contributed by atoms with Crippen LogP contribution in [0.4, 0.5) is 0 Å². The fourth-order valence-corrected chi connectivity index (χ4v) is 4.22. The van der Waals surface area contributed by atoms with Crippen molar-refractivity contribution in [2.75, 3.05) is 40.5 Å². The van der Waals surface area contributed by atoms with Crippen molar-refractivity contribution in [3.63, 3.8) is 0 Å². The first-order valence-electron chi connectivity index (χ1n) is 9.52. The summed E-state index contributed by atoms with van der Waals surface area (Å²) in [4.78, 5) is 2.63. The smallest absolute Gasteiger partial charge is 0.161 e. The largest absolute Gasteiger partial charge is 0.493 e. The number of nitrogens with zero attached hydrogens (tertiary/aromatic N) is 1. The molecule has 1 saturated carbocycles. The van der Waals surface area contributed by atoms with Gasteiger partial charge in [0.15, 0.2) is 17.8 Å². The first-order chi connectivity index (χ1) is 12.3. The Morgan fingerprint density at radius 3 is 2.48 bits per heavy atom. The van der Waals surface area contributed by atoms with Crippen LogP contribution in [0.15, 0.2) is 12.1 Å². The first kappa shape index (κ1) is 17.1. The molecule has 1 unspecified atom stereocenters. The van der Waals surface area contributed by atoms with Gasteiger partial charge in [0.1, 0.15) is 0 Å². The molecule has 1 aliphatic carbocycles. The van der Waals surface area contributed by atoms with Gasteiger partial charge in [-0.15, -0.1) is 0 Å². The molecule has 0 amide bonds. The topological polar surface area (TPSA) is 40.2 Å². The van der Waals surface area contributed by atoms with Crippen LogP contribution in [0.2, 0.25) is 0 Å². The van der Waals surface area contributed by atoms with Gasteiger partial charge < -0.3 is 18.9 Å². The van der Waals surface area contributed by atoms with Crippen LogP contribution in [-0.2, 0) is 15.9 Å². The summed E-state index contributed by atoms with van der Waals surface area (Å²) >= 11 is 0. The number of hydrogen-bond donors (Lipinski definition) is 0. The van der Waals surface area contributed by atoms with Gasteiger partial charge in [0, 0.05) is 25.6 Å². The molecule has 1 aromatic rings. The third-order valence-corrected chi connectivity index (χ3v) is 5.64. The fourth-order valence-electron chi connectivity index (χ4n) is 4.22. The normalized spacial score (nSPS) is 24.8. The van der Waals surface area contributed by atoms with Gasteiger partial charge >= 0.3 is 0 Å². The lowest BCUT2D eigenvalue weighted by Gasteiger charge is -2.39. The van der Waals surface area contributed by atoms with E-state index in [4.69, 9.17) is 18.9 Å². The molecular formula is C20H29NO4. The molecule has 0 N–H and O–H groups in total. The Balaban J connectivity index is 1.52. The summed E-state index contributed by atoms with van der Waals surface area (Å²) in [6.45, 7) is 3.78. The summed E-state index contributed by atoms with van der Waals surface area (Å²) in [5, 5.41) is 0. The maximum atomic E-state index is 5.73. The zero-order chi connectivity index (χ0) is 17.2. The molecule has 0 spiro atoms. The molecule has 1 atom stereocenters. The molecule has 2 fully saturated rings. The van der Waals surface area contributed by atoms with Crippen LogP contribution in [0.5, 0.6) is 11.5 Å². The molecule has 138 valence electrons. The third-order valence-electron chi connectivity index (χ3n) is 5.64. The zero-order valence-corrected chi connectivity index (χ0v) is 15.3. The number of rotatable bonds is 6. The third kappa shape index (κ3) is 3.64. The van der Waals surface area contributed by atoms with Crippen molar-refractivity contribution >= 4 is 0 Å². The maximum Gasteiger partial charge on any atom is 0.161 e. The van der Waals surface area contributed by atoms with E-state index >= 15 is 0 Å². The van der Waals surface area contributed by atoms with E-state index in [2.05, 4.69) is 17.0 Å². The van der Waals surface area contributed by atoms with Gasteiger partial charge in [-0.1, -0.05) is 0 Å². The Kier molecular flexibility index (Phi) is 5.15. The first-order valence-corrected chi connectivity index (χ1v) is 9.52. The van der Waals surface area contributed by atoms with E-state index in [1.807, 2.05) is 0 Å². The Morgan fingerprint density at radius 2 is 1.80 bits per heavy atom. The van der Waals surface area contributed by atoms with Crippen molar-refractivity contribution in [3.05, 3.63) is 23.3 Å². The van der Waals surface area contributed by atoms with Crippen LogP contribution >= 0.6 is 0 Å². The molecule has 5 heteroatoms. The molecule has 4 rings (SSSR count). The Bertz CT molecular complexity index is 596. The van der Waals surface area contributed by atoms with Crippen LogP contribution < -0.4 is 9.47 Å². The molecule has 5 nitrogen and oxygen atoms in total. The van der Waals surface area contributed by atoms with Crippen molar-refractivity contribution in [3.8, 4) is 11.5 Å². The minimum Gasteiger partial charge on any atom is -0.493 e. The number of benzene rings is 1. The summed E-state index contributed by atoms with van der Waals surface area (Å²) < 4.78 is 22.5. The van der Waals surface area contributed by atoms with Crippen LogP contribution in [0.3, 0.4) is 0 Å². The van der Waals surface area contributed by atoms with Crippen LogP contribution in [0, 0.1) is 5.92 Å². The van der Waals surface area contributed by atoms with Crippen LogP contribution in [0.1, 0.15) is 42.9 Å². The molecule has 2 aliphatic heterocycles. The highest BCUT2D eigenvalue weighted by Crippen LogP contribution is 2.49. The average molecular weight is 347 g/mol. The zero-order valence-electron chi connectivity index (χ0n) is 15.3. The van der Waals surface area contributed by atoms with E-state index in [0.717, 1.165) is 63.0 Å². The van der Waals surface area contributed by atoms with Gasteiger partial charge in [-0.3, -0.25) is 4.90 Å². The Morgan fingerprint density at radius 1 is 1.08 bits per heavy atom. The number of fused-ring (bicyclic) bond motifs is 1. The van der Waals surface area contributed by atoms with E-state index in [9.17, 15) is 0 Å². The summed E-state index contributed by atoms with van der Waals surface area (Å²) in [5.41, 5.74) is 2.84. The predicted octanol–water partition coefficient (Wildman–Crippen LogP) is 3.17. The second-order valence-electron chi connectivity index (χ2n) is 7.29. The highest BCUT2D eigenvalue weighted by atomic mass is 16.7. The van der Waals surface area contributed by atoms with E-state index in [1.54, 1.807) is 14.2 Å². The molecule has 3 aliphatic rings. The Hall–Kier alpha value is -1.30. The highest BCUT2D eigenvalue weighted by molar-refractivity contribution is 5.49. The molecule has 1 aromatic carbocycles. The molecule has 0 bridgehead atoms. The van der Waals surface area contributed by atoms with E-state index in [1.165, 1.54) is 24.0 Å². The van der Waals surface area contributed by atoms with E-state index < -0.39 is 0 Å². The minimum atomic E-state index is -0.0274. The van der Waals surface area contributed by atoms with Gasteiger partial charge in [-0.05, 0) is 54.9 Å². The summed E-state index contributed by atoms with van der Waals surface area (Å²) in [6.07, 6.45) is 5.65. The number of ether oxygens (including phenoxy) is 4. The standard InChI is InChI=1S/C20H29NO4/c1-22-17-12-15-6-8-21(9-7-19-24-10-3-11-25-19)20(14-4-5-14)16(15)13-18(17)23-2/h12-14,19-20H,3-11H2,1-2H3. The van der Waals surface area contributed by atoms with Crippen LogP contribution in [0.25, 0.3) is 0 Å². The molecule has 1 saturated heterocycles. The predicted molar refractivity (Wildman–Crippen MR) is 95.2 cm³/mol. The van der Waals surface area contributed by atoms with Crippen molar-refractivity contribution < 1.29 is 18.9 Å². The molecule has 0 radical (unpaired) electrons. The van der Waals surface area contributed by atoms with Gasteiger partial charge in [-0.25, -0.2) is 0 Å². The van der Waals surface area contributed by atoms with Crippen molar-refractivity contribution in [2.24, 2.45) is 5.92 Å². The molecule has 0 aromatic heterocycles. The monoisotopic (exact) mass is 347 g/mol. The van der Waals surface area contributed by atoms with Crippen molar-refractivity contribution in [1.82, 2.24) is 4.90 Å². The molecule has 25 heavy (non-hydrogen) atoms. The molecular weight excluding hydrogens is 318 g/mol. The average Bonchev–Trinajstić information content (AvgIpc) is 3.50. The maximum absolute atomic E-state index is 5.73. The van der Waals surface area contributed by atoms with E-state index in [-0.39, 0.29) is 6.29 Å². The summed E-state index contributed by atoms with van der Waals surface area (Å²) in [7, 11) is 3.43. The van der Waals surface area contributed by atoms with Crippen molar-refractivity contribution in [1.29, 1.82) is 0 Å². The SMILES string of the molecule is COc1cc2c(cc1OC)C(C1CC1)N(CCC1OCCCO1)CC2. The lowest BCUT2D eigenvalue weighted by Crippen LogP contribution is -2.39. The second kappa shape index (κ2) is 7.52.